The SMILES string of the molecule is Cc1nc2cc(C(F)(F)F)c(C(C)Nc3c(F)cc(C(=O)N4CC(C)OC(C)C4)cc3Cl)cc2c(=O)[nH]1. The van der Waals surface area contributed by atoms with Gasteiger partial charge in [-0.1, -0.05) is 11.6 Å². The molecule has 1 aliphatic heterocycles. The maximum Gasteiger partial charge on any atom is 0.416 e. The van der Waals surface area contributed by atoms with Gasteiger partial charge in [0, 0.05) is 24.7 Å². The second-order valence-corrected chi connectivity index (χ2v) is 9.66. The number of benzene rings is 2. The van der Waals surface area contributed by atoms with E-state index in [1.165, 1.54) is 24.8 Å². The lowest BCUT2D eigenvalue weighted by molar-refractivity contribution is -0.138. The van der Waals surface area contributed by atoms with Crippen molar-refractivity contribution >= 4 is 34.1 Å². The third-order valence-corrected chi connectivity index (χ3v) is 6.42. The molecule has 0 spiro atoms. The van der Waals surface area contributed by atoms with Crippen LogP contribution in [-0.4, -0.2) is 46.1 Å². The molecule has 3 atom stereocenters. The smallest absolute Gasteiger partial charge is 0.375 e. The highest BCUT2D eigenvalue weighted by Gasteiger charge is 2.36. The van der Waals surface area contributed by atoms with Crippen molar-refractivity contribution in [2.75, 3.05) is 18.4 Å². The van der Waals surface area contributed by atoms with E-state index in [4.69, 9.17) is 16.3 Å². The number of alkyl halides is 3. The van der Waals surface area contributed by atoms with Gasteiger partial charge in [0.05, 0.1) is 39.4 Å². The molecule has 3 unspecified atom stereocenters. The minimum Gasteiger partial charge on any atom is -0.375 e. The number of halogens is 5. The molecule has 1 aliphatic rings. The van der Waals surface area contributed by atoms with Crippen LogP contribution in [0, 0.1) is 12.7 Å². The average molecular weight is 541 g/mol. The number of fused-ring (bicyclic) bond motifs is 1. The fourth-order valence-electron chi connectivity index (χ4n) is 4.58. The summed E-state index contributed by atoms with van der Waals surface area (Å²) in [6.45, 7) is 7.16. The summed E-state index contributed by atoms with van der Waals surface area (Å²) in [6.07, 6.45) is -5.14. The monoisotopic (exact) mass is 540 g/mol. The lowest BCUT2D eigenvalue weighted by Crippen LogP contribution is -2.48. The van der Waals surface area contributed by atoms with Crippen LogP contribution in [0.5, 0.6) is 0 Å². The van der Waals surface area contributed by atoms with Crippen molar-refractivity contribution in [3.8, 4) is 0 Å². The van der Waals surface area contributed by atoms with Crippen LogP contribution in [0.3, 0.4) is 0 Å². The predicted molar refractivity (Wildman–Crippen MR) is 131 cm³/mol. The first-order valence-corrected chi connectivity index (χ1v) is 11.9. The third-order valence-electron chi connectivity index (χ3n) is 6.12. The topological polar surface area (TPSA) is 87.3 Å². The summed E-state index contributed by atoms with van der Waals surface area (Å²) in [6, 6.07) is 3.04. The van der Waals surface area contributed by atoms with Crippen LogP contribution >= 0.6 is 11.6 Å². The Hall–Kier alpha value is -3.18. The Morgan fingerprint density at radius 2 is 1.86 bits per heavy atom. The number of carbonyl (C=O) groups is 1. The van der Waals surface area contributed by atoms with Gasteiger partial charge < -0.3 is 19.9 Å². The van der Waals surface area contributed by atoms with Gasteiger partial charge in [-0.3, -0.25) is 9.59 Å². The number of nitrogens with one attached hydrogen (secondary N) is 2. The Morgan fingerprint density at radius 3 is 2.46 bits per heavy atom. The number of hydrogen-bond donors (Lipinski definition) is 2. The molecule has 198 valence electrons. The minimum absolute atomic E-state index is 0.0108. The molecule has 1 fully saturated rings. The standard InChI is InChI=1S/C25H25ClF4N4O3/c1-11-9-34(10-12(2)37-11)24(36)15-5-19(26)22(20(27)6-15)31-13(3)16-7-17-21(8-18(16)25(28,29)30)32-14(4)33-23(17)35/h5-8,11-13,31H,9-10H2,1-4H3,(H,32,33,35). The Kier molecular flexibility index (Phi) is 7.22. The second kappa shape index (κ2) is 9.94. The highest BCUT2D eigenvalue weighted by molar-refractivity contribution is 6.33. The molecule has 7 nitrogen and oxygen atoms in total. The number of carbonyl (C=O) groups excluding carboxylic acids is 1. The van der Waals surface area contributed by atoms with Crippen LogP contribution in [0.4, 0.5) is 23.2 Å². The van der Waals surface area contributed by atoms with Gasteiger partial charge in [-0.05, 0) is 57.5 Å². The fraction of sp³-hybridized carbons (Fsp3) is 0.400. The first-order chi connectivity index (χ1) is 17.2. The molecular formula is C25H25ClF4N4O3. The van der Waals surface area contributed by atoms with Gasteiger partial charge in [0.2, 0.25) is 0 Å². The molecule has 3 aromatic rings. The predicted octanol–water partition coefficient (Wildman–Crippen LogP) is 5.47. The maximum absolute atomic E-state index is 15.1. The molecule has 1 saturated heterocycles. The van der Waals surface area contributed by atoms with Crippen LogP contribution < -0.4 is 10.9 Å². The molecule has 2 heterocycles. The van der Waals surface area contributed by atoms with Crippen molar-refractivity contribution in [2.24, 2.45) is 0 Å². The molecule has 1 amide bonds. The van der Waals surface area contributed by atoms with Gasteiger partial charge in [-0.2, -0.15) is 13.2 Å². The summed E-state index contributed by atoms with van der Waals surface area (Å²) < 4.78 is 62.5. The zero-order chi connectivity index (χ0) is 27.2. The van der Waals surface area contributed by atoms with Crippen molar-refractivity contribution in [3.63, 3.8) is 0 Å². The lowest BCUT2D eigenvalue weighted by atomic mass is 9.98. The van der Waals surface area contributed by atoms with E-state index in [2.05, 4.69) is 15.3 Å². The largest absolute Gasteiger partial charge is 0.416 e. The molecule has 2 N–H and O–H groups in total. The first-order valence-electron chi connectivity index (χ1n) is 11.6. The average Bonchev–Trinajstić information content (AvgIpc) is 2.78. The molecule has 37 heavy (non-hydrogen) atoms. The lowest BCUT2D eigenvalue weighted by Gasteiger charge is -2.35. The number of anilines is 1. The van der Waals surface area contributed by atoms with E-state index < -0.39 is 35.1 Å². The summed E-state index contributed by atoms with van der Waals surface area (Å²) in [5, 5.41) is 2.47. The van der Waals surface area contributed by atoms with Crippen molar-refractivity contribution in [1.29, 1.82) is 0 Å². The van der Waals surface area contributed by atoms with Crippen LogP contribution in [-0.2, 0) is 10.9 Å². The first kappa shape index (κ1) is 26.9. The summed E-state index contributed by atoms with van der Waals surface area (Å²) in [5.74, 6) is -1.16. The molecule has 4 rings (SSSR count). The Balaban J connectivity index is 1.68. The number of H-pyrrole nitrogens is 1. The summed E-state index contributed by atoms with van der Waals surface area (Å²) >= 11 is 6.29. The number of amides is 1. The highest BCUT2D eigenvalue weighted by Crippen LogP contribution is 2.38. The van der Waals surface area contributed by atoms with Crippen LogP contribution in [0.15, 0.2) is 29.1 Å². The number of aromatic amines is 1. The van der Waals surface area contributed by atoms with E-state index in [1.54, 1.807) is 0 Å². The second-order valence-electron chi connectivity index (χ2n) is 9.25. The van der Waals surface area contributed by atoms with E-state index >= 15 is 4.39 Å². The van der Waals surface area contributed by atoms with Crippen molar-refractivity contribution in [3.05, 3.63) is 68.0 Å². The van der Waals surface area contributed by atoms with Gasteiger partial charge in [-0.25, -0.2) is 9.37 Å². The Morgan fingerprint density at radius 1 is 1.22 bits per heavy atom. The number of aryl methyl sites for hydroxylation is 1. The molecule has 0 saturated carbocycles. The number of aromatic nitrogens is 2. The molecule has 1 aromatic heterocycles. The van der Waals surface area contributed by atoms with Crippen LogP contribution in [0.2, 0.25) is 5.02 Å². The number of morpholine rings is 1. The van der Waals surface area contributed by atoms with Gasteiger partial charge >= 0.3 is 6.18 Å². The van der Waals surface area contributed by atoms with E-state index in [0.29, 0.717) is 13.1 Å². The van der Waals surface area contributed by atoms with Crippen molar-refractivity contribution < 1.29 is 27.1 Å². The molecule has 0 radical (unpaired) electrons. The van der Waals surface area contributed by atoms with Crippen LogP contribution in [0.1, 0.15) is 54.1 Å². The molecule has 2 aromatic carbocycles. The molecule has 12 heteroatoms. The van der Waals surface area contributed by atoms with E-state index in [-0.39, 0.29) is 50.8 Å². The fourth-order valence-corrected chi connectivity index (χ4v) is 4.84. The maximum atomic E-state index is 15.1. The normalized spacial score (nSPS) is 19.2. The van der Waals surface area contributed by atoms with Crippen LogP contribution in [0.25, 0.3) is 10.9 Å². The van der Waals surface area contributed by atoms with E-state index in [9.17, 15) is 22.8 Å². The molecular weight excluding hydrogens is 516 g/mol. The van der Waals surface area contributed by atoms with E-state index in [0.717, 1.165) is 18.2 Å². The number of rotatable bonds is 4. The Labute approximate surface area is 214 Å². The number of hydrogen-bond acceptors (Lipinski definition) is 5. The zero-order valence-electron chi connectivity index (χ0n) is 20.5. The zero-order valence-corrected chi connectivity index (χ0v) is 21.2. The van der Waals surface area contributed by atoms with Gasteiger partial charge in [0.15, 0.2) is 0 Å². The molecule has 0 bridgehead atoms. The van der Waals surface area contributed by atoms with E-state index in [1.807, 2.05) is 13.8 Å². The highest BCUT2D eigenvalue weighted by atomic mass is 35.5. The minimum atomic E-state index is -4.76. The van der Waals surface area contributed by atoms with Crippen molar-refractivity contribution in [1.82, 2.24) is 14.9 Å². The summed E-state index contributed by atoms with van der Waals surface area (Å²) in [4.78, 5) is 33.3. The summed E-state index contributed by atoms with van der Waals surface area (Å²) in [5.41, 5.74) is -2.26. The molecule has 0 aliphatic carbocycles. The van der Waals surface area contributed by atoms with Gasteiger partial charge in [-0.15, -0.1) is 0 Å². The Bertz CT molecular complexity index is 1390. The van der Waals surface area contributed by atoms with Crippen molar-refractivity contribution in [2.45, 2.75) is 52.1 Å². The number of nitrogens with zero attached hydrogens (tertiary/aromatic N) is 2. The quantitative estimate of drug-likeness (QED) is 0.429. The van der Waals surface area contributed by atoms with Gasteiger partial charge in [0.25, 0.3) is 11.5 Å². The number of ether oxygens (including phenoxy) is 1. The van der Waals surface area contributed by atoms with Gasteiger partial charge in [0.1, 0.15) is 11.6 Å². The third kappa shape index (κ3) is 5.57. The summed E-state index contributed by atoms with van der Waals surface area (Å²) in [7, 11) is 0.